The molecule has 0 rings (SSSR count). The molecule has 0 atom stereocenters. The van der Waals surface area contributed by atoms with Crippen molar-refractivity contribution in [1.29, 1.82) is 0 Å². The first kappa shape index (κ1) is 23.5. The van der Waals surface area contributed by atoms with Crippen LogP contribution in [-0.2, 0) is 9.47 Å². The van der Waals surface area contributed by atoms with E-state index in [9.17, 15) is 0 Å². The second-order valence-electron chi connectivity index (χ2n) is 8.42. The maximum atomic E-state index is 6.02. The van der Waals surface area contributed by atoms with E-state index in [1.165, 1.54) is 19.0 Å². The van der Waals surface area contributed by atoms with Gasteiger partial charge in [0, 0.05) is 13.2 Å². The highest BCUT2D eigenvalue weighted by atomic mass is 28.4. The van der Waals surface area contributed by atoms with Crippen LogP contribution in [0.3, 0.4) is 0 Å². The molecule has 0 aromatic rings. The lowest BCUT2D eigenvalue weighted by molar-refractivity contribution is -0.169. The summed E-state index contributed by atoms with van der Waals surface area (Å²) in [5.41, 5.74) is -0.366. The Labute approximate surface area is 150 Å². The maximum absolute atomic E-state index is 6.02. The fourth-order valence-corrected chi connectivity index (χ4v) is 13.9. The van der Waals surface area contributed by atoms with Gasteiger partial charge in [-0.05, 0) is 32.7 Å². The second kappa shape index (κ2) is 10.5. The smallest absolute Gasteiger partial charge is 0.144 e. The maximum Gasteiger partial charge on any atom is 0.144 e. The lowest BCUT2D eigenvalue weighted by Crippen LogP contribution is -2.59. The van der Waals surface area contributed by atoms with Crippen molar-refractivity contribution >= 4 is 26.0 Å². The molecule has 2 radical (unpaired) electrons. The van der Waals surface area contributed by atoms with Crippen molar-refractivity contribution in [2.24, 2.45) is 0 Å². The van der Waals surface area contributed by atoms with Crippen LogP contribution in [0.2, 0.25) is 45.3 Å². The molecule has 23 heavy (non-hydrogen) atoms. The Morgan fingerprint density at radius 1 is 0.870 bits per heavy atom. The number of hydrogen-bond donors (Lipinski definition) is 0. The molecule has 0 saturated carbocycles. The van der Waals surface area contributed by atoms with Crippen LogP contribution in [0.25, 0.3) is 0 Å². The van der Waals surface area contributed by atoms with E-state index in [0.29, 0.717) is 0 Å². The van der Waals surface area contributed by atoms with E-state index < -0.39 is 16.5 Å². The zero-order valence-corrected chi connectivity index (χ0v) is 20.2. The van der Waals surface area contributed by atoms with Gasteiger partial charge in [0.15, 0.2) is 0 Å². The molecule has 0 unspecified atom stereocenters. The van der Waals surface area contributed by atoms with Gasteiger partial charge >= 0.3 is 0 Å². The zero-order chi connectivity index (χ0) is 18.1. The molecule has 0 spiro atoms. The summed E-state index contributed by atoms with van der Waals surface area (Å²) in [6.07, 6.45) is 3.36. The van der Waals surface area contributed by atoms with Crippen molar-refractivity contribution in [2.75, 3.05) is 19.8 Å². The molecule has 0 bridgehead atoms. The number of hydrogen-bond acceptors (Lipinski definition) is 3. The number of ether oxygens (including phenoxy) is 2. The molecule has 0 aliphatic heterocycles. The van der Waals surface area contributed by atoms with E-state index in [1.54, 1.807) is 0 Å². The van der Waals surface area contributed by atoms with E-state index in [4.69, 9.17) is 9.47 Å². The summed E-state index contributed by atoms with van der Waals surface area (Å²) in [6, 6.07) is 1.20. The van der Waals surface area contributed by atoms with Gasteiger partial charge in [0.05, 0.1) is 0 Å². The molecule has 0 aromatic carbocycles. The molecule has 0 N–H and O–H groups in total. The first-order chi connectivity index (χ1) is 10.5. The van der Waals surface area contributed by atoms with Gasteiger partial charge in [-0.1, -0.05) is 59.2 Å². The van der Waals surface area contributed by atoms with E-state index >= 15 is 0 Å². The first-order valence-corrected chi connectivity index (χ1v) is 17.4. The van der Waals surface area contributed by atoms with Gasteiger partial charge in [-0.2, -0.15) is 0 Å². The Hall–Kier alpha value is 0.531. The quantitative estimate of drug-likeness (QED) is 0.257. The summed E-state index contributed by atoms with van der Waals surface area (Å²) in [5.74, 6) is 0. The van der Waals surface area contributed by atoms with Crippen molar-refractivity contribution in [3.63, 3.8) is 0 Å². The highest BCUT2D eigenvalue weighted by molar-refractivity contribution is 6.89. The molecule has 0 aromatic heterocycles. The lowest BCUT2D eigenvalue weighted by Gasteiger charge is -2.43. The highest BCUT2D eigenvalue weighted by Crippen LogP contribution is 2.21. The third-order valence-electron chi connectivity index (χ3n) is 3.79. The summed E-state index contributed by atoms with van der Waals surface area (Å²) >= 11 is 0. The molecule has 0 heterocycles. The summed E-state index contributed by atoms with van der Waals surface area (Å²) in [4.78, 5) is 0. The van der Waals surface area contributed by atoms with Gasteiger partial charge in [0.2, 0.25) is 0 Å². The van der Waals surface area contributed by atoms with Crippen molar-refractivity contribution < 1.29 is 9.47 Å². The van der Waals surface area contributed by atoms with Gasteiger partial charge in [-0.3, -0.25) is 0 Å². The lowest BCUT2D eigenvalue weighted by atomic mass is 10.5. The molecule has 0 saturated heterocycles. The van der Waals surface area contributed by atoms with Crippen LogP contribution in [0.15, 0.2) is 0 Å². The van der Waals surface area contributed by atoms with E-state index in [0.717, 1.165) is 35.6 Å². The zero-order valence-electron chi connectivity index (χ0n) is 17.2. The summed E-state index contributed by atoms with van der Waals surface area (Å²) < 4.78 is 14.9. The molecule has 0 amide bonds. The van der Waals surface area contributed by atoms with E-state index in [1.807, 2.05) is 0 Å². The Morgan fingerprint density at radius 2 is 1.30 bits per heavy atom. The van der Waals surface area contributed by atoms with Crippen molar-refractivity contribution in [3.8, 4) is 0 Å². The van der Waals surface area contributed by atoms with Crippen LogP contribution in [0, 0.1) is 0 Å². The monoisotopic (exact) mass is 375 g/mol. The number of nitrogens with zero attached hydrogens (tertiary/aromatic N) is 1. The van der Waals surface area contributed by atoms with Crippen LogP contribution in [-0.4, -0.2) is 55.4 Å². The summed E-state index contributed by atoms with van der Waals surface area (Å²) in [7, 11) is -1.73. The van der Waals surface area contributed by atoms with Crippen LogP contribution >= 0.6 is 0 Å². The summed E-state index contributed by atoms with van der Waals surface area (Å²) in [5, 5.41) is 0. The first-order valence-electron chi connectivity index (χ1n) is 9.27. The molecule has 0 aliphatic carbocycles. The van der Waals surface area contributed by atoms with E-state index in [-0.39, 0.29) is 5.41 Å². The van der Waals surface area contributed by atoms with Crippen LogP contribution in [0.1, 0.15) is 40.0 Å². The average molecular weight is 376 g/mol. The van der Waals surface area contributed by atoms with Crippen LogP contribution in [0.4, 0.5) is 0 Å². The van der Waals surface area contributed by atoms with Crippen LogP contribution < -0.4 is 0 Å². The second-order valence-corrected chi connectivity index (χ2v) is 20.4. The minimum Gasteiger partial charge on any atom is -0.355 e. The predicted molar refractivity (Wildman–Crippen MR) is 109 cm³/mol. The Morgan fingerprint density at radius 3 is 1.65 bits per heavy atom. The average Bonchev–Trinajstić information content (AvgIpc) is 2.40. The largest absolute Gasteiger partial charge is 0.355 e. The third-order valence-corrected chi connectivity index (χ3v) is 13.0. The Bertz CT molecular complexity index is 292. The summed E-state index contributed by atoms with van der Waals surface area (Å²) in [6.45, 7) is 24.1. The molecule has 138 valence electrons. The predicted octanol–water partition coefficient (Wildman–Crippen LogP) is 5.00. The highest BCUT2D eigenvalue weighted by Gasteiger charge is 2.34. The minimum absolute atomic E-state index is 0.366. The van der Waals surface area contributed by atoms with Gasteiger partial charge < -0.3 is 13.7 Å². The van der Waals surface area contributed by atoms with Crippen molar-refractivity contribution in [2.45, 2.75) is 90.8 Å². The van der Waals surface area contributed by atoms with Gasteiger partial charge in [0.1, 0.15) is 31.4 Å². The third kappa shape index (κ3) is 10.2. The number of rotatable bonds is 13. The molecular formula is C17H41NO2Si3. The molecule has 6 heteroatoms. The molecule has 0 fully saturated rings. The fourth-order valence-electron chi connectivity index (χ4n) is 2.97. The van der Waals surface area contributed by atoms with Crippen LogP contribution in [0.5, 0.6) is 0 Å². The Kier molecular flexibility index (Phi) is 10.7. The van der Waals surface area contributed by atoms with Gasteiger partial charge in [0.25, 0.3) is 0 Å². The standard InChI is InChI=1S/C17H41NO2Si3/c1-10-14-19-17(3,20-15-11-2)21-16-12-13-18(22(4,5)6)23(7,8)9/h10-16H2,1-9H3. The molecule has 3 nitrogen and oxygen atoms in total. The SMILES string of the molecule is CCCOC(C)(OCCC)[Si]CCCN([Si](C)(C)C)[Si](C)(C)C. The molecular weight excluding hydrogens is 334 g/mol. The normalized spacial score (nSPS) is 13.8. The minimum atomic E-state index is -1.22. The van der Waals surface area contributed by atoms with E-state index in [2.05, 4.69) is 64.3 Å². The van der Waals surface area contributed by atoms with Crippen molar-refractivity contribution in [1.82, 2.24) is 4.23 Å². The molecule has 0 aliphatic rings. The van der Waals surface area contributed by atoms with Crippen molar-refractivity contribution in [3.05, 3.63) is 0 Å². The topological polar surface area (TPSA) is 21.7 Å². The Balaban J connectivity index is 4.46. The van der Waals surface area contributed by atoms with Gasteiger partial charge in [-0.15, -0.1) is 0 Å². The van der Waals surface area contributed by atoms with Gasteiger partial charge in [-0.25, -0.2) is 0 Å². The fraction of sp³-hybridized carbons (Fsp3) is 1.00.